The zero-order valence-electron chi connectivity index (χ0n) is 63.2. The topological polar surface area (TPSA) is 307 Å². The summed E-state index contributed by atoms with van der Waals surface area (Å²) < 4.78 is 34.5. The summed E-state index contributed by atoms with van der Waals surface area (Å²) in [4.78, 5) is 13.5. The summed E-state index contributed by atoms with van der Waals surface area (Å²) in [6, 6.07) is -0.988. The first-order chi connectivity index (χ1) is 48.8. The van der Waals surface area contributed by atoms with Gasteiger partial charge in [0.2, 0.25) is 5.91 Å². The van der Waals surface area contributed by atoms with E-state index in [0.29, 0.717) is 12.8 Å². The zero-order chi connectivity index (χ0) is 72.5. The summed E-state index contributed by atoms with van der Waals surface area (Å²) in [6.45, 7) is 1.78. The minimum Gasteiger partial charge on any atom is -0.394 e. The Balaban J connectivity index is 1.38. The number of carbonyl (C=O) groups excluding carboxylic acids is 1. The van der Waals surface area contributed by atoms with Gasteiger partial charge >= 0.3 is 0 Å². The van der Waals surface area contributed by atoms with Crippen LogP contribution in [0.2, 0.25) is 0 Å². The Morgan fingerprint density at radius 3 is 1.00 bits per heavy atom. The molecular formula is C81H153NO18. The van der Waals surface area contributed by atoms with Crippen LogP contribution in [0.4, 0.5) is 0 Å². The van der Waals surface area contributed by atoms with Gasteiger partial charge in [0.25, 0.3) is 0 Å². The Hall–Kier alpha value is -1.73. The van der Waals surface area contributed by atoms with Crippen LogP contribution in [0.25, 0.3) is 0 Å². The van der Waals surface area contributed by atoms with Crippen molar-refractivity contribution in [3.8, 4) is 0 Å². The molecular weight excluding hydrogens is 1270 g/mol. The van der Waals surface area contributed by atoms with E-state index in [-0.39, 0.29) is 18.9 Å². The maximum atomic E-state index is 13.5. The Morgan fingerprint density at radius 2 is 0.640 bits per heavy atom. The van der Waals surface area contributed by atoms with Crippen LogP contribution in [0.1, 0.15) is 354 Å². The van der Waals surface area contributed by atoms with Crippen LogP contribution in [0, 0.1) is 0 Å². The highest BCUT2D eigenvalue weighted by molar-refractivity contribution is 5.76. The second-order valence-electron chi connectivity index (χ2n) is 29.9. The third kappa shape index (κ3) is 42.0. The number of allylic oxidation sites excluding steroid dienone is 3. The molecule has 0 bridgehead atoms. The highest BCUT2D eigenvalue weighted by Crippen LogP contribution is 2.33. The third-order valence-corrected chi connectivity index (χ3v) is 21.0. The van der Waals surface area contributed by atoms with Crippen LogP contribution in [0.15, 0.2) is 24.3 Å². The minimum absolute atomic E-state index is 0.241. The largest absolute Gasteiger partial charge is 0.394 e. The number of aliphatic hydroxyl groups excluding tert-OH is 11. The molecule has 0 spiro atoms. The molecule has 17 unspecified atom stereocenters. The lowest BCUT2D eigenvalue weighted by molar-refractivity contribution is -0.379. The van der Waals surface area contributed by atoms with Gasteiger partial charge in [-0.3, -0.25) is 4.79 Å². The number of hydrogen-bond donors (Lipinski definition) is 12. The highest BCUT2D eigenvalue weighted by atomic mass is 16.8. The smallest absolute Gasteiger partial charge is 0.220 e. The van der Waals surface area contributed by atoms with Crippen LogP contribution in [-0.4, -0.2) is 193 Å². The van der Waals surface area contributed by atoms with Gasteiger partial charge in [0, 0.05) is 6.42 Å². The minimum atomic E-state index is -1.98. The van der Waals surface area contributed by atoms with Crippen LogP contribution < -0.4 is 5.32 Å². The summed E-state index contributed by atoms with van der Waals surface area (Å²) in [5.74, 6) is -0.277. The van der Waals surface area contributed by atoms with Gasteiger partial charge < -0.3 is 89.9 Å². The van der Waals surface area contributed by atoms with Crippen molar-refractivity contribution in [1.29, 1.82) is 0 Å². The summed E-state index contributed by atoms with van der Waals surface area (Å²) in [5, 5.41) is 121. The molecule has 3 aliphatic heterocycles. The molecule has 19 heteroatoms. The molecule has 590 valence electrons. The van der Waals surface area contributed by atoms with Crippen LogP contribution in [-0.2, 0) is 33.2 Å². The third-order valence-electron chi connectivity index (χ3n) is 21.0. The van der Waals surface area contributed by atoms with Gasteiger partial charge in [0.15, 0.2) is 18.9 Å². The number of amides is 1. The lowest BCUT2D eigenvalue weighted by Crippen LogP contribution is -2.66. The van der Waals surface area contributed by atoms with Crippen molar-refractivity contribution in [2.45, 2.75) is 458 Å². The zero-order valence-corrected chi connectivity index (χ0v) is 63.2. The fourth-order valence-electron chi connectivity index (χ4n) is 14.3. The fraction of sp³-hybridized carbons (Fsp3) is 0.938. The van der Waals surface area contributed by atoms with Crippen LogP contribution in [0.3, 0.4) is 0 Å². The van der Waals surface area contributed by atoms with E-state index in [2.05, 4.69) is 31.3 Å². The quantitative estimate of drug-likeness (QED) is 0.0199. The van der Waals surface area contributed by atoms with Crippen LogP contribution in [0.5, 0.6) is 0 Å². The first kappa shape index (κ1) is 92.5. The van der Waals surface area contributed by atoms with E-state index in [4.69, 9.17) is 28.4 Å². The van der Waals surface area contributed by atoms with Crippen molar-refractivity contribution >= 4 is 5.91 Å². The van der Waals surface area contributed by atoms with Crippen molar-refractivity contribution in [2.75, 3.05) is 26.4 Å². The van der Waals surface area contributed by atoms with E-state index in [1.54, 1.807) is 6.08 Å². The highest BCUT2D eigenvalue weighted by Gasteiger charge is 2.54. The van der Waals surface area contributed by atoms with Gasteiger partial charge in [0.1, 0.15) is 73.2 Å². The molecule has 3 heterocycles. The average molecular weight is 1430 g/mol. The molecule has 3 aliphatic rings. The van der Waals surface area contributed by atoms with E-state index in [0.717, 1.165) is 38.5 Å². The van der Waals surface area contributed by atoms with Gasteiger partial charge in [0.05, 0.1) is 38.6 Å². The second-order valence-corrected chi connectivity index (χ2v) is 29.9. The van der Waals surface area contributed by atoms with Gasteiger partial charge in [-0.1, -0.05) is 340 Å². The van der Waals surface area contributed by atoms with Crippen molar-refractivity contribution in [1.82, 2.24) is 5.32 Å². The second kappa shape index (κ2) is 62.3. The van der Waals surface area contributed by atoms with Crippen molar-refractivity contribution in [3.63, 3.8) is 0 Å². The number of aliphatic hydroxyl groups is 11. The molecule has 3 fully saturated rings. The Kier molecular flexibility index (Phi) is 57.6. The Morgan fingerprint density at radius 1 is 0.350 bits per heavy atom. The first-order valence-corrected chi connectivity index (χ1v) is 41.6. The van der Waals surface area contributed by atoms with E-state index < -0.39 is 124 Å². The van der Waals surface area contributed by atoms with Gasteiger partial charge in [-0.2, -0.15) is 0 Å². The summed E-state index contributed by atoms with van der Waals surface area (Å²) in [7, 11) is 0. The molecule has 0 aromatic carbocycles. The van der Waals surface area contributed by atoms with E-state index in [1.807, 2.05) is 6.08 Å². The normalized spacial score (nSPS) is 26.5. The van der Waals surface area contributed by atoms with Gasteiger partial charge in [-0.05, 0) is 32.1 Å². The molecule has 12 N–H and O–H groups in total. The molecule has 100 heavy (non-hydrogen) atoms. The maximum Gasteiger partial charge on any atom is 0.220 e. The summed E-state index contributed by atoms with van der Waals surface area (Å²) in [5.41, 5.74) is 0. The van der Waals surface area contributed by atoms with Crippen molar-refractivity contribution in [3.05, 3.63) is 24.3 Å². The number of hydrogen-bond acceptors (Lipinski definition) is 18. The SMILES string of the molecule is CCCCCCCCCCCCCCCCCCCCCCCCCC/C=C/CC/C=C/C(O)C(COC1OC(CO)C(OC2OC(CO)C(OC3OC(CO)C(O)C(O)C3O)C(O)C2O)C(O)C1O)NC(=O)CCCCCCCCCCCCCCCCCCCCCCCCCCC. The number of carbonyl (C=O) groups is 1. The lowest BCUT2D eigenvalue weighted by atomic mass is 9.96. The van der Waals surface area contributed by atoms with Crippen LogP contribution >= 0.6 is 0 Å². The molecule has 17 atom stereocenters. The van der Waals surface area contributed by atoms with Crippen molar-refractivity contribution in [2.24, 2.45) is 0 Å². The molecule has 0 saturated carbocycles. The van der Waals surface area contributed by atoms with E-state index >= 15 is 0 Å². The molecule has 0 aromatic rings. The number of rotatable bonds is 67. The molecule has 0 aliphatic carbocycles. The Bertz CT molecular complexity index is 1900. The van der Waals surface area contributed by atoms with Gasteiger partial charge in [-0.25, -0.2) is 0 Å². The molecule has 3 rings (SSSR count). The van der Waals surface area contributed by atoms with Crippen molar-refractivity contribution < 1.29 is 89.4 Å². The standard InChI is InChI=1S/C81H153NO18/c1-3-5-7-9-11-13-15-17-19-21-23-25-27-29-30-31-32-33-35-36-38-40-42-44-46-48-50-52-54-56-58-65(86)64(82-69(87)59-57-55-53-51-49-47-45-43-41-39-37-34-28-26-24-22-20-18-16-14-12-10-8-6-4-2)63-95-79-75(93)72(90)77(67(61-84)97-79)100-81-76(94)73(91)78(68(62-85)98-81)99-80-74(92)71(89)70(88)66(60-83)96-80/h48,50,56,58,64-68,70-81,83-86,88-94H,3-47,49,51-55,57,59-63H2,1-2H3,(H,82,87)/b50-48+,58-56+. The number of ether oxygens (including phenoxy) is 6. The summed E-state index contributed by atoms with van der Waals surface area (Å²) in [6.07, 6.45) is 48.9. The predicted octanol–water partition coefficient (Wildman–Crippen LogP) is 14.1. The van der Waals surface area contributed by atoms with Gasteiger partial charge in [-0.15, -0.1) is 0 Å². The predicted molar refractivity (Wildman–Crippen MR) is 397 cm³/mol. The van der Waals surface area contributed by atoms with E-state index in [1.165, 1.54) is 283 Å². The molecule has 1 amide bonds. The number of unbranched alkanes of at least 4 members (excludes halogenated alkanes) is 49. The first-order valence-electron chi connectivity index (χ1n) is 41.6. The molecule has 3 saturated heterocycles. The lowest BCUT2D eigenvalue weighted by Gasteiger charge is -2.48. The average Bonchev–Trinajstić information content (AvgIpc) is 0.783. The number of nitrogens with one attached hydrogen (secondary N) is 1. The molecule has 0 radical (unpaired) electrons. The maximum absolute atomic E-state index is 13.5. The summed E-state index contributed by atoms with van der Waals surface area (Å²) >= 11 is 0. The fourth-order valence-corrected chi connectivity index (χ4v) is 14.3. The molecule has 19 nitrogen and oxygen atoms in total. The Labute approximate surface area is 607 Å². The molecule has 0 aromatic heterocycles. The monoisotopic (exact) mass is 1430 g/mol. The van der Waals surface area contributed by atoms with E-state index in [9.17, 15) is 61.0 Å².